The molecule has 0 aliphatic rings. The van der Waals surface area contributed by atoms with E-state index in [2.05, 4.69) is 10.4 Å². The van der Waals surface area contributed by atoms with Gasteiger partial charge in [-0.3, -0.25) is 9.48 Å². The van der Waals surface area contributed by atoms with Gasteiger partial charge in [0.1, 0.15) is 11.7 Å². The van der Waals surface area contributed by atoms with Crippen molar-refractivity contribution < 1.29 is 14.7 Å². The minimum absolute atomic E-state index is 0.275. The van der Waals surface area contributed by atoms with Gasteiger partial charge in [0, 0.05) is 25.0 Å². The van der Waals surface area contributed by atoms with E-state index in [1.807, 2.05) is 27.0 Å². The van der Waals surface area contributed by atoms with E-state index in [1.54, 1.807) is 22.9 Å². The van der Waals surface area contributed by atoms with Gasteiger partial charge in [0.05, 0.1) is 0 Å². The lowest BCUT2D eigenvalue weighted by molar-refractivity contribution is -0.141. The number of carbonyl (C=O) groups is 2. The molecule has 2 heterocycles. The van der Waals surface area contributed by atoms with E-state index in [0.717, 1.165) is 12.1 Å². The Balaban J connectivity index is 2.13. The third kappa shape index (κ3) is 3.19. The van der Waals surface area contributed by atoms with Crippen LogP contribution in [0.2, 0.25) is 0 Å². The Morgan fingerprint density at radius 3 is 2.64 bits per heavy atom. The van der Waals surface area contributed by atoms with E-state index < -0.39 is 12.0 Å². The number of hydrogen-bond acceptors (Lipinski definition) is 3. The third-order valence-electron chi connectivity index (χ3n) is 3.62. The van der Waals surface area contributed by atoms with Gasteiger partial charge in [0.15, 0.2) is 5.82 Å². The van der Waals surface area contributed by atoms with Crippen LogP contribution >= 0.6 is 0 Å². The normalized spacial score (nSPS) is 12.1. The summed E-state index contributed by atoms with van der Waals surface area (Å²) in [6, 6.07) is 4.47. The summed E-state index contributed by atoms with van der Waals surface area (Å²) in [6.45, 7) is 3.83. The SMILES string of the molecule is CCCC(C(=O)O)n1ccc(NC(=O)c2ccc(C)n2C)n1. The number of aliphatic carboxylic acids is 1. The molecule has 2 N–H and O–H groups in total. The topological polar surface area (TPSA) is 89.1 Å². The maximum absolute atomic E-state index is 12.2. The number of nitrogens with zero attached hydrogens (tertiary/aromatic N) is 3. The molecule has 0 saturated heterocycles. The smallest absolute Gasteiger partial charge is 0.328 e. The summed E-state index contributed by atoms with van der Waals surface area (Å²) in [5, 5.41) is 16.0. The molecule has 1 unspecified atom stereocenters. The summed E-state index contributed by atoms with van der Waals surface area (Å²) >= 11 is 0. The molecule has 118 valence electrons. The van der Waals surface area contributed by atoms with Crippen molar-refractivity contribution in [1.29, 1.82) is 0 Å². The second kappa shape index (κ2) is 6.46. The van der Waals surface area contributed by atoms with Crippen LogP contribution in [-0.2, 0) is 11.8 Å². The van der Waals surface area contributed by atoms with Gasteiger partial charge < -0.3 is 15.0 Å². The molecule has 0 saturated carbocycles. The van der Waals surface area contributed by atoms with E-state index in [9.17, 15) is 14.7 Å². The number of hydrogen-bond donors (Lipinski definition) is 2. The molecule has 0 aliphatic heterocycles. The molecule has 0 radical (unpaired) electrons. The molecule has 7 heteroatoms. The Kier molecular flexibility index (Phi) is 4.65. The van der Waals surface area contributed by atoms with Gasteiger partial charge in [-0.15, -0.1) is 0 Å². The first-order valence-electron chi connectivity index (χ1n) is 7.15. The van der Waals surface area contributed by atoms with Gasteiger partial charge in [0.25, 0.3) is 5.91 Å². The summed E-state index contributed by atoms with van der Waals surface area (Å²) in [4.78, 5) is 23.4. The zero-order valence-corrected chi connectivity index (χ0v) is 12.9. The molecule has 0 bridgehead atoms. The van der Waals surface area contributed by atoms with Crippen LogP contribution in [0.25, 0.3) is 0 Å². The minimum atomic E-state index is -0.930. The molecule has 0 aliphatic carbocycles. The number of carbonyl (C=O) groups excluding carboxylic acids is 1. The van der Waals surface area contributed by atoms with Gasteiger partial charge in [0.2, 0.25) is 0 Å². The lowest BCUT2D eigenvalue weighted by Gasteiger charge is -2.11. The fourth-order valence-corrected chi connectivity index (χ4v) is 2.24. The lowest BCUT2D eigenvalue weighted by Crippen LogP contribution is -2.20. The van der Waals surface area contributed by atoms with E-state index in [1.165, 1.54) is 4.68 Å². The molecular weight excluding hydrogens is 284 g/mol. The van der Waals surface area contributed by atoms with Crippen LogP contribution in [-0.4, -0.2) is 31.3 Å². The van der Waals surface area contributed by atoms with Gasteiger partial charge >= 0.3 is 5.97 Å². The number of nitrogens with one attached hydrogen (secondary N) is 1. The molecule has 2 aromatic heterocycles. The molecule has 0 fully saturated rings. The van der Waals surface area contributed by atoms with Crippen molar-refractivity contribution in [2.75, 3.05) is 5.32 Å². The Morgan fingerprint density at radius 1 is 1.36 bits per heavy atom. The summed E-state index contributed by atoms with van der Waals surface area (Å²) in [7, 11) is 1.81. The monoisotopic (exact) mass is 304 g/mol. The van der Waals surface area contributed by atoms with Crippen molar-refractivity contribution >= 4 is 17.7 Å². The lowest BCUT2D eigenvalue weighted by atomic mass is 10.2. The molecular formula is C15H20N4O3. The molecule has 2 rings (SSSR count). The maximum atomic E-state index is 12.2. The number of rotatable bonds is 6. The highest BCUT2D eigenvalue weighted by atomic mass is 16.4. The van der Waals surface area contributed by atoms with E-state index in [0.29, 0.717) is 17.9 Å². The van der Waals surface area contributed by atoms with Crippen LogP contribution < -0.4 is 5.32 Å². The molecule has 1 atom stereocenters. The van der Waals surface area contributed by atoms with Crippen LogP contribution in [0.3, 0.4) is 0 Å². The maximum Gasteiger partial charge on any atom is 0.328 e. The van der Waals surface area contributed by atoms with Crippen LogP contribution in [0.15, 0.2) is 24.4 Å². The van der Waals surface area contributed by atoms with E-state index in [-0.39, 0.29) is 5.91 Å². The molecule has 22 heavy (non-hydrogen) atoms. The average molecular weight is 304 g/mol. The van der Waals surface area contributed by atoms with Crippen molar-refractivity contribution in [3.8, 4) is 0 Å². The van der Waals surface area contributed by atoms with Crippen LogP contribution in [0.5, 0.6) is 0 Å². The average Bonchev–Trinajstić information content (AvgIpc) is 3.04. The van der Waals surface area contributed by atoms with Crippen LogP contribution in [0, 0.1) is 6.92 Å². The number of aromatic nitrogens is 3. The van der Waals surface area contributed by atoms with Gasteiger partial charge in [-0.05, 0) is 25.5 Å². The van der Waals surface area contributed by atoms with Crippen molar-refractivity contribution in [2.45, 2.75) is 32.7 Å². The minimum Gasteiger partial charge on any atom is -0.480 e. The number of amides is 1. The molecule has 0 aromatic carbocycles. The summed E-state index contributed by atoms with van der Waals surface area (Å²) in [5.74, 6) is -0.865. The van der Waals surface area contributed by atoms with Gasteiger partial charge in [-0.2, -0.15) is 5.10 Å². The fourth-order valence-electron chi connectivity index (χ4n) is 2.24. The quantitative estimate of drug-likeness (QED) is 0.856. The number of carboxylic acids is 1. The first-order valence-corrected chi connectivity index (χ1v) is 7.15. The second-order valence-electron chi connectivity index (χ2n) is 5.20. The predicted octanol–water partition coefficient (Wildman–Crippen LogP) is 2.21. The Morgan fingerprint density at radius 2 is 2.09 bits per heavy atom. The number of aryl methyl sites for hydroxylation is 1. The highest BCUT2D eigenvalue weighted by Crippen LogP contribution is 2.16. The second-order valence-corrected chi connectivity index (χ2v) is 5.20. The predicted molar refractivity (Wildman–Crippen MR) is 81.9 cm³/mol. The van der Waals surface area contributed by atoms with Gasteiger partial charge in [-0.25, -0.2) is 4.79 Å². The highest BCUT2D eigenvalue weighted by Gasteiger charge is 2.20. The fraction of sp³-hybridized carbons (Fsp3) is 0.400. The summed E-state index contributed by atoms with van der Waals surface area (Å²) in [5.41, 5.74) is 1.50. The highest BCUT2D eigenvalue weighted by molar-refractivity contribution is 6.02. The largest absolute Gasteiger partial charge is 0.480 e. The van der Waals surface area contributed by atoms with Crippen molar-refractivity contribution in [1.82, 2.24) is 14.3 Å². The third-order valence-corrected chi connectivity index (χ3v) is 3.62. The Labute approximate surface area is 128 Å². The van der Waals surface area contributed by atoms with Crippen molar-refractivity contribution in [3.05, 3.63) is 35.8 Å². The standard InChI is InChI=1S/C15H20N4O3/c1-4-5-12(15(21)22)19-9-8-13(17-19)16-14(20)11-7-6-10(2)18(11)3/h6-9,12H,4-5H2,1-3H3,(H,21,22)(H,16,17,20). The van der Waals surface area contributed by atoms with Crippen molar-refractivity contribution in [2.24, 2.45) is 7.05 Å². The summed E-state index contributed by atoms with van der Waals surface area (Å²) < 4.78 is 3.15. The summed E-state index contributed by atoms with van der Waals surface area (Å²) in [6.07, 6.45) is 2.79. The molecule has 7 nitrogen and oxygen atoms in total. The first-order chi connectivity index (χ1) is 10.4. The first kappa shape index (κ1) is 15.8. The van der Waals surface area contributed by atoms with Crippen LogP contribution in [0.4, 0.5) is 5.82 Å². The molecule has 0 spiro atoms. The molecule has 2 aromatic rings. The van der Waals surface area contributed by atoms with Crippen LogP contribution in [0.1, 0.15) is 42.0 Å². The van der Waals surface area contributed by atoms with E-state index in [4.69, 9.17) is 0 Å². The zero-order chi connectivity index (χ0) is 16.3. The molecule has 1 amide bonds. The Bertz CT molecular complexity index is 687. The Hall–Kier alpha value is -2.57. The number of anilines is 1. The van der Waals surface area contributed by atoms with Crippen molar-refractivity contribution in [3.63, 3.8) is 0 Å². The number of carboxylic acid groups (broad SMARTS) is 1. The zero-order valence-electron chi connectivity index (χ0n) is 12.9. The van der Waals surface area contributed by atoms with E-state index >= 15 is 0 Å². The van der Waals surface area contributed by atoms with Gasteiger partial charge in [-0.1, -0.05) is 13.3 Å².